The first-order chi connectivity index (χ1) is 33.3. The van der Waals surface area contributed by atoms with Gasteiger partial charge in [-0.25, -0.2) is 4.57 Å². The van der Waals surface area contributed by atoms with Crippen LogP contribution in [0.2, 0.25) is 5.02 Å². The normalized spacial score (nSPS) is 24.7. The van der Waals surface area contributed by atoms with Crippen molar-refractivity contribution >= 4 is 62.2 Å². The number of nitrogens with zero attached hydrogens (tertiary/aromatic N) is 6. The number of terminal acetylenes is 1. The van der Waals surface area contributed by atoms with Gasteiger partial charge in [-0.1, -0.05) is 11.6 Å². The van der Waals surface area contributed by atoms with Gasteiger partial charge in [-0.2, -0.15) is 26.3 Å². The van der Waals surface area contributed by atoms with Crippen molar-refractivity contribution in [2.45, 2.75) is 132 Å². The molecule has 0 amide bonds. The minimum Gasteiger partial charge on any atom is -0.371 e. The molecule has 1 aromatic rings. The lowest BCUT2D eigenvalue weighted by Crippen LogP contribution is -2.67. The molecule has 5 rings (SSSR count). The fourth-order valence-electron chi connectivity index (χ4n) is 8.10. The van der Waals surface area contributed by atoms with E-state index in [1.807, 2.05) is 42.5 Å². The van der Waals surface area contributed by atoms with E-state index in [0.717, 1.165) is 5.69 Å². The highest BCUT2D eigenvalue weighted by molar-refractivity contribution is 8.08. The van der Waals surface area contributed by atoms with Gasteiger partial charge in [-0.3, -0.25) is 22.6 Å². The summed E-state index contributed by atoms with van der Waals surface area (Å²) in [6, 6.07) is 17.4. The topological polar surface area (TPSA) is 259 Å². The van der Waals surface area contributed by atoms with Gasteiger partial charge in [0.2, 0.25) is 0 Å². The van der Waals surface area contributed by atoms with E-state index in [1.165, 1.54) is 0 Å². The molecule has 0 N–H and O–H groups in total. The number of anilines is 1. The summed E-state index contributed by atoms with van der Waals surface area (Å²) in [5, 5.41) is 48.0. The predicted molar refractivity (Wildman–Crippen MR) is 254 cm³/mol. The first-order valence-electron chi connectivity index (χ1n) is 22.5. The van der Waals surface area contributed by atoms with Gasteiger partial charge in [0.15, 0.2) is 11.6 Å². The summed E-state index contributed by atoms with van der Waals surface area (Å²) in [4.78, 5) is 2.13. The van der Waals surface area contributed by atoms with Crippen molar-refractivity contribution in [3.8, 4) is 42.7 Å². The maximum Gasteiger partial charge on any atom is 0.475 e. The van der Waals surface area contributed by atoms with Crippen molar-refractivity contribution < 1.29 is 64.2 Å². The van der Waals surface area contributed by atoms with Crippen molar-refractivity contribution in [2.24, 2.45) is 0 Å². The van der Waals surface area contributed by atoms with Crippen LogP contribution >= 0.6 is 32.9 Å². The Morgan fingerprint density at radius 2 is 1.10 bits per heavy atom. The zero-order chi connectivity index (χ0) is 49.8. The quantitative estimate of drug-likeness (QED) is 0.0315. The second kappa shape index (κ2) is 28.0. The van der Waals surface area contributed by atoms with Gasteiger partial charge in [0.05, 0.1) is 102 Å². The molecule has 20 nitrogen and oxygen atoms in total. The Balaban J connectivity index is 1.74. The first-order valence-corrected chi connectivity index (χ1v) is 29.4. The van der Waals surface area contributed by atoms with Crippen molar-refractivity contribution in [3.63, 3.8) is 0 Å². The molecule has 1 aromatic carbocycles. The van der Waals surface area contributed by atoms with Gasteiger partial charge in [0.1, 0.15) is 36.6 Å². The highest BCUT2D eigenvalue weighted by atomic mass is 35.5. The van der Waals surface area contributed by atoms with Crippen LogP contribution < -0.4 is 4.90 Å². The summed E-state index contributed by atoms with van der Waals surface area (Å²) < 4.78 is 98.9. The molecular formula is C43H56ClN6O14P3S2. The number of nitriles is 5. The molecular weight excluding hydrogens is 1020 g/mol. The van der Waals surface area contributed by atoms with Crippen LogP contribution in [-0.4, -0.2) is 108 Å². The molecule has 2 aliphatic heterocycles. The number of piperidine rings is 1. The number of phosphoric ester groups is 1. The van der Waals surface area contributed by atoms with Gasteiger partial charge in [-0.15, -0.1) is 12.3 Å². The van der Waals surface area contributed by atoms with E-state index in [1.54, 1.807) is 19.1 Å². The summed E-state index contributed by atoms with van der Waals surface area (Å²) in [5.41, 5.74) is 0.905. The van der Waals surface area contributed by atoms with Crippen molar-refractivity contribution in [2.75, 3.05) is 64.2 Å². The second-order valence-corrected chi connectivity index (χ2v) is 23.7. The minimum atomic E-state index is -4.73. The Labute approximate surface area is 419 Å². The van der Waals surface area contributed by atoms with Gasteiger partial charge < -0.3 is 41.9 Å². The number of benzene rings is 1. The summed E-state index contributed by atoms with van der Waals surface area (Å²) in [7, 11) is -4.73. The SMILES string of the molecule is C#CCCOP(=O)(OCCC#N)O[C@H]1[C@H](OC2(OCC)CCN(c3ccc(Cl)cc3)CC2)[C@@H](OP(=S)(OCCC#N)OCCC#N)[C@H](OP(=S)(OCCC#N)OCCC#N)[C@H]2OC3(CCCC3)O[C@H]21. The van der Waals surface area contributed by atoms with Crippen LogP contribution in [0.1, 0.15) is 84.0 Å². The number of halogens is 1. The van der Waals surface area contributed by atoms with E-state index in [9.17, 15) is 30.9 Å². The van der Waals surface area contributed by atoms with Crippen LogP contribution in [0.25, 0.3) is 0 Å². The molecule has 2 saturated carbocycles. The lowest BCUT2D eigenvalue weighted by Gasteiger charge is -2.51. The Morgan fingerprint density at radius 3 is 1.55 bits per heavy atom. The average Bonchev–Trinajstić information content (AvgIpc) is 3.96. The maximum absolute atomic E-state index is 15.0. The van der Waals surface area contributed by atoms with Crippen LogP contribution in [0.5, 0.6) is 0 Å². The molecule has 0 aromatic heterocycles. The molecule has 2 aliphatic carbocycles. The van der Waals surface area contributed by atoms with Crippen molar-refractivity contribution in [1.82, 2.24) is 0 Å². The Hall–Kier alpha value is -2.67. The molecule has 0 bridgehead atoms. The van der Waals surface area contributed by atoms with Gasteiger partial charge in [0, 0.05) is 62.5 Å². The third-order valence-corrected chi connectivity index (χ3v) is 17.6. The maximum atomic E-state index is 15.0. The molecule has 1 unspecified atom stereocenters. The van der Waals surface area contributed by atoms with Crippen LogP contribution in [0, 0.1) is 69.0 Å². The van der Waals surface area contributed by atoms with E-state index in [0.29, 0.717) is 43.8 Å². The molecule has 1 spiro atoms. The van der Waals surface area contributed by atoms with E-state index in [-0.39, 0.29) is 97.6 Å². The summed E-state index contributed by atoms with van der Waals surface area (Å²) in [5.74, 6) is -0.249. The molecule has 2 saturated heterocycles. The average molecular weight is 1070 g/mol. The second-order valence-electron chi connectivity index (χ2n) is 15.7. The highest BCUT2D eigenvalue weighted by Gasteiger charge is 2.66. The Bertz CT molecular complexity index is 2170. The third-order valence-electron chi connectivity index (χ3n) is 11.0. The molecule has 4 aliphatic rings. The van der Waals surface area contributed by atoms with Crippen LogP contribution in [0.4, 0.5) is 5.69 Å². The van der Waals surface area contributed by atoms with Crippen molar-refractivity contribution in [1.29, 1.82) is 26.3 Å². The number of rotatable bonds is 29. The molecule has 0 radical (unpaired) electrons. The lowest BCUT2D eigenvalue weighted by atomic mass is 9.84. The largest absolute Gasteiger partial charge is 0.475 e. The zero-order valence-corrected chi connectivity index (χ0v) is 43.2. The zero-order valence-electron chi connectivity index (χ0n) is 38.1. The summed E-state index contributed by atoms with van der Waals surface area (Å²) in [6.07, 6.45) is -0.974. The number of phosphoric acid groups is 1. The fourth-order valence-corrected chi connectivity index (χ4v) is 13.8. The monoisotopic (exact) mass is 1070 g/mol. The number of hydrogen-bond donors (Lipinski definition) is 0. The van der Waals surface area contributed by atoms with Crippen LogP contribution in [-0.2, 0) is 87.8 Å². The number of ether oxygens (including phenoxy) is 4. The molecule has 7 atom stereocenters. The smallest absolute Gasteiger partial charge is 0.371 e. The van der Waals surface area contributed by atoms with Crippen LogP contribution in [0.15, 0.2) is 24.3 Å². The van der Waals surface area contributed by atoms with Gasteiger partial charge in [-0.05, 0) is 67.6 Å². The summed E-state index contributed by atoms with van der Waals surface area (Å²) >= 11 is 18.3. The molecule has 376 valence electrons. The molecule has 26 heteroatoms. The van der Waals surface area contributed by atoms with E-state index in [4.69, 9.17) is 101 Å². The molecule has 2 heterocycles. The fraction of sp³-hybridized carbons (Fsp3) is 0.698. The third kappa shape index (κ3) is 16.4. The molecule has 69 heavy (non-hydrogen) atoms. The lowest BCUT2D eigenvalue weighted by molar-refractivity contribution is -0.311. The minimum absolute atomic E-state index is 0.0127. The Kier molecular flexibility index (Phi) is 23.2. The van der Waals surface area contributed by atoms with Crippen LogP contribution in [0.3, 0.4) is 0 Å². The van der Waals surface area contributed by atoms with E-state index >= 15 is 0 Å². The predicted octanol–water partition coefficient (Wildman–Crippen LogP) is 8.53. The number of fused-ring (bicyclic) bond motifs is 1. The standard InChI is InChI=1S/C43H56ClN6O14P3S2/c1-3-5-28-53-65(51,54-29-8-21-45)62-39-36-37(61-43(60-36)17-6-7-18-43)40(63-66(68,55-30-9-22-46)56-31-10-23-47)41(64-67(69,57-32-11-24-48)58-33-12-25-49)38(39)59-42(52-4-2)19-26-50(27-20-42)35-15-13-34(44)14-16-35/h1,13-16,36-41H,4-12,17-20,26-33H2,2H3/t36-,37+,38+,39-,40-,41-,65?/m1/s1. The van der Waals surface area contributed by atoms with Crippen molar-refractivity contribution in [3.05, 3.63) is 29.3 Å². The van der Waals surface area contributed by atoms with E-state index < -0.39 is 69.5 Å². The van der Waals surface area contributed by atoms with Gasteiger partial charge >= 0.3 is 21.3 Å². The number of hydrogen-bond acceptors (Lipinski definition) is 22. The van der Waals surface area contributed by atoms with E-state index in [2.05, 4.69) is 10.8 Å². The highest BCUT2D eigenvalue weighted by Crippen LogP contribution is 2.62. The van der Waals surface area contributed by atoms with Gasteiger partial charge in [0.25, 0.3) is 0 Å². The first kappa shape index (κ1) is 57.2. The molecule has 4 fully saturated rings. The summed E-state index contributed by atoms with van der Waals surface area (Å²) in [6.45, 7) is -6.89. The Morgan fingerprint density at radius 1 is 0.667 bits per heavy atom.